The van der Waals surface area contributed by atoms with Crippen molar-refractivity contribution in [1.82, 2.24) is 0 Å². The number of aliphatic hydroxyl groups is 1. The van der Waals surface area contributed by atoms with Crippen LogP contribution >= 0.6 is 0 Å². The van der Waals surface area contributed by atoms with Gasteiger partial charge in [-0.3, -0.25) is 0 Å². The van der Waals surface area contributed by atoms with Gasteiger partial charge in [0.05, 0.1) is 0 Å². The molecule has 112 valence electrons. The lowest BCUT2D eigenvalue weighted by molar-refractivity contribution is 0.108. The van der Waals surface area contributed by atoms with Crippen LogP contribution in [-0.4, -0.2) is 11.7 Å². The van der Waals surface area contributed by atoms with Crippen LogP contribution < -0.4 is 10.5 Å². The van der Waals surface area contributed by atoms with Gasteiger partial charge in [0, 0.05) is 5.69 Å². The molecule has 2 aromatic carbocycles. The molecule has 0 saturated carbocycles. The monoisotopic (exact) mass is 285 g/mol. The van der Waals surface area contributed by atoms with Crippen molar-refractivity contribution in [2.75, 3.05) is 12.3 Å². The van der Waals surface area contributed by atoms with Gasteiger partial charge in [-0.2, -0.15) is 0 Å². The van der Waals surface area contributed by atoms with Gasteiger partial charge in [-0.1, -0.05) is 37.6 Å². The Kier molecular flexibility index (Phi) is 5.64. The molecule has 0 heterocycles. The highest BCUT2D eigenvalue weighted by Gasteiger charge is 2.08. The number of nitrogens with two attached hydrogens (primary N) is 1. The molecule has 0 aromatic heterocycles. The lowest BCUT2D eigenvalue weighted by atomic mass is 10.1. The van der Waals surface area contributed by atoms with Gasteiger partial charge in [0.15, 0.2) is 0 Å². The zero-order chi connectivity index (χ0) is 15.1. The number of rotatable bonds is 7. The summed E-state index contributed by atoms with van der Waals surface area (Å²) in [5.74, 6) is 0.782. The average molecular weight is 285 g/mol. The van der Waals surface area contributed by atoms with Crippen LogP contribution in [0.5, 0.6) is 5.75 Å². The Labute approximate surface area is 126 Å². The van der Waals surface area contributed by atoms with Crippen LogP contribution in [0.15, 0.2) is 48.5 Å². The van der Waals surface area contributed by atoms with E-state index in [1.807, 2.05) is 24.3 Å². The fraction of sp³-hybridized carbons (Fsp3) is 0.333. The van der Waals surface area contributed by atoms with Gasteiger partial charge in [-0.25, -0.2) is 0 Å². The highest BCUT2D eigenvalue weighted by molar-refractivity contribution is 5.39. The molecule has 0 aliphatic carbocycles. The molecule has 0 bridgehead atoms. The molecule has 0 radical (unpaired) electrons. The van der Waals surface area contributed by atoms with Gasteiger partial charge in [0.2, 0.25) is 0 Å². The Morgan fingerprint density at radius 1 is 1.05 bits per heavy atom. The minimum Gasteiger partial charge on any atom is -0.491 e. The SMILES string of the molecule is CCCCc1ccc(OCC(O)c2ccc(N)cc2)cc1. The molecule has 0 amide bonds. The third-order valence-electron chi connectivity index (χ3n) is 3.47. The summed E-state index contributed by atoms with van der Waals surface area (Å²) < 4.78 is 5.63. The summed E-state index contributed by atoms with van der Waals surface area (Å²) in [6.45, 7) is 2.42. The zero-order valence-corrected chi connectivity index (χ0v) is 12.5. The van der Waals surface area contributed by atoms with Gasteiger partial charge in [0.25, 0.3) is 0 Å². The number of benzene rings is 2. The van der Waals surface area contributed by atoms with Crippen molar-refractivity contribution in [3.8, 4) is 5.75 Å². The van der Waals surface area contributed by atoms with Crippen molar-refractivity contribution in [2.24, 2.45) is 0 Å². The number of ether oxygens (including phenoxy) is 1. The largest absolute Gasteiger partial charge is 0.491 e. The number of hydrogen-bond donors (Lipinski definition) is 2. The predicted octanol–water partition coefficient (Wildman–Crippen LogP) is 3.72. The van der Waals surface area contributed by atoms with Gasteiger partial charge in [0.1, 0.15) is 18.5 Å². The van der Waals surface area contributed by atoms with E-state index in [1.165, 1.54) is 18.4 Å². The lowest BCUT2D eigenvalue weighted by Gasteiger charge is -2.13. The third kappa shape index (κ3) is 4.80. The van der Waals surface area contributed by atoms with Crippen molar-refractivity contribution in [2.45, 2.75) is 32.3 Å². The summed E-state index contributed by atoms with van der Waals surface area (Å²) in [5.41, 5.74) is 8.45. The van der Waals surface area contributed by atoms with Crippen LogP contribution in [0.3, 0.4) is 0 Å². The number of anilines is 1. The molecule has 1 atom stereocenters. The first kappa shape index (κ1) is 15.4. The van der Waals surface area contributed by atoms with Gasteiger partial charge < -0.3 is 15.6 Å². The molecule has 3 nitrogen and oxygen atoms in total. The maximum absolute atomic E-state index is 10.1. The molecular formula is C18H23NO2. The van der Waals surface area contributed by atoms with Crippen LogP contribution in [0.25, 0.3) is 0 Å². The summed E-state index contributed by atoms with van der Waals surface area (Å²) in [6.07, 6.45) is 2.86. The van der Waals surface area contributed by atoms with Crippen molar-refractivity contribution in [1.29, 1.82) is 0 Å². The van der Waals surface area contributed by atoms with E-state index in [-0.39, 0.29) is 6.61 Å². The summed E-state index contributed by atoms with van der Waals surface area (Å²) >= 11 is 0. The molecule has 3 heteroatoms. The van der Waals surface area contributed by atoms with E-state index in [2.05, 4.69) is 19.1 Å². The van der Waals surface area contributed by atoms with Gasteiger partial charge in [-0.05, 0) is 48.2 Å². The van der Waals surface area contributed by atoms with Crippen LogP contribution in [0.4, 0.5) is 5.69 Å². The number of aliphatic hydroxyl groups excluding tert-OH is 1. The minimum absolute atomic E-state index is 0.234. The summed E-state index contributed by atoms with van der Waals surface area (Å²) in [4.78, 5) is 0. The van der Waals surface area contributed by atoms with E-state index in [0.29, 0.717) is 5.69 Å². The van der Waals surface area contributed by atoms with Gasteiger partial charge in [-0.15, -0.1) is 0 Å². The maximum Gasteiger partial charge on any atom is 0.119 e. The number of hydrogen-bond acceptors (Lipinski definition) is 3. The van der Waals surface area contributed by atoms with Crippen molar-refractivity contribution in [3.05, 3.63) is 59.7 Å². The molecule has 3 N–H and O–H groups in total. The molecule has 0 saturated heterocycles. The van der Waals surface area contributed by atoms with Crippen LogP contribution in [-0.2, 0) is 6.42 Å². The van der Waals surface area contributed by atoms with Crippen molar-refractivity contribution < 1.29 is 9.84 Å². The van der Waals surface area contributed by atoms with E-state index in [0.717, 1.165) is 17.7 Å². The Morgan fingerprint density at radius 2 is 1.71 bits per heavy atom. The van der Waals surface area contributed by atoms with Crippen molar-refractivity contribution >= 4 is 5.69 Å². The molecule has 2 aromatic rings. The first-order valence-electron chi connectivity index (χ1n) is 7.44. The molecule has 0 aliphatic heterocycles. The maximum atomic E-state index is 10.1. The molecule has 2 rings (SSSR count). The van der Waals surface area contributed by atoms with E-state index in [1.54, 1.807) is 12.1 Å². The van der Waals surface area contributed by atoms with E-state index >= 15 is 0 Å². The second-order valence-electron chi connectivity index (χ2n) is 5.24. The lowest BCUT2D eigenvalue weighted by Crippen LogP contribution is -2.09. The van der Waals surface area contributed by atoms with E-state index < -0.39 is 6.10 Å². The van der Waals surface area contributed by atoms with E-state index in [9.17, 15) is 5.11 Å². The number of unbranched alkanes of at least 4 members (excludes halogenated alkanes) is 1. The predicted molar refractivity (Wildman–Crippen MR) is 86.4 cm³/mol. The van der Waals surface area contributed by atoms with E-state index in [4.69, 9.17) is 10.5 Å². The van der Waals surface area contributed by atoms with Crippen LogP contribution in [0, 0.1) is 0 Å². The highest BCUT2D eigenvalue weighted by Crippen LogP contribution is 2.18. The van der Waals surface area contributed by atoms with Crippen LogP contribution in [0.1, 0.15) is 37.0 Å². The fourth-order valence-corrected chi connectivity index (χ4v) is 2.12. The van der Waals surface area contributed by atoms with Gasteiger partial charge >= 0.3 is 0 Å². The highest BCUT2D eigenvalue weighted by atomic mass is 16.5. The molecule has 1 unspecified atom stereocenters. The Morgan fingerprint density at radius 3 is 2.33 bits per heavy atom. The fourth-order valence-electron chi connectivity index (χ4n) is 2.12. The summed E-state index contributed by atoms with van der Waals surface area (Å²) in [7, 11) is 0. The zero-order valence-electron chi connectivity index (χ0n) is 12.5. The molecule has 0 aliphatic rings. The normalized spacial score (nSPS) is 12.1. The average Bonchev–Trinajstić information content (AvgIpc) is 2.52. The topological polar surface area (TPSA) is 55.5 Å². The Bertz CT molecular complexity index is 534. The van der Waals surface area contributed by atoms with Crippen molar-refractivity contribution in [3.63, 3.8) is 0 Å². The summed E-state index contributed by atoms with van der Waals surface area (Å²) in [6, 6.07) is 15.3. The Balaban J connectivity index is 1.86. The minimum atomic E-state index is -0.648. The molecule has 0 fully saturated rings. The molecule has 21 heavy (non-hydrogen) atoms. The number of nitrogen functional groups attached to an aromatic ring is 1. The Hall–Kier alpha value is -2.00. The smallest absolute Gasteiger partial charge is 0.119 e. The molecular weight excluding hydrogens is 262 g/mol. The quantitative estimate of drug-likeness (QED) is 0.762. The summed E-state index contributed by atoms with van der Waals surface area (Å²) in [5, 5.41) is 10.1. The number of aryl methyl sites for hydroxylation is 1. The second kappa shape index (κ2) is 7.70. The second-order valence-corrected chi connectivity index (χ2v) is 5.24. The standard InChI is InChI=1S/C18H23NO2/c1-2-3-4-14-5-11-17(12-6-14)21-13-18(20)15-7-9-16(19)10-8-15/h5-12,18,20H,2-4,13,19H2,1H3. The first-order valence-corrected chi connectivity index (χ1v) is 7.44. The molecule has 0 spiro atoms. The third-order valence-corrected chi connectivity index (χ3v) is 3.47. The van der Waals surface area contributed by atoms with Crippen LogP contribution in [0.2, 0.25) is 0 Å². The first-order chi connectivity index (χ1) is 10.2.